The van der Waals surface area contributed by atoms with Crippen LogP contribution in [-0.2, 0) is 0 Å². The molecule has 0 aliphatic carbocycles. The summed E-state index contributed by atoms with van der Waals surface area (Å²) < 4.78 is 5.83. The van der Waals surface area contributed by atoms with E-state index in [0.29, 0.717) is 16.5 Å². The highest BCUT2D eigenvalue weighted by Gasteiger charge is 2.42. The van der Waals surface area contributed by atoms with E-state index < -0.39 is 6.04 Å². The van der Waals surface area contributed by atoms with Crippen LogP contribution in [0.3, 0.4) is 0 Å². The first kappa shape index (κ1) is 16.5. The van der Waals surface area contributed by atoms with E-state index >= 15 is 0 Å². The van der Waals surface area contributed by atoms with Gasteiger partial charge in [-0.3, -0.25) is 9.59 Å². The van der Waals surface area contributed by atoms with Crippen LogP contribution in [0.5, 0.6) is 0 Å². The van der Waals surface area contributed by atoms with E-state index in [2.05, 4.69) is 0 Å². The highest BCUT2D eigenvalue weighted by atomic mass is 16.3. The first-order valence-corrected chi connectivity index (χ1v) is 8.57. The van der Waals surface area contributed by atoms with Gasteiger partial charge in [0.05, 0.1) is 23.6 Å². The molecule has 1 amide bonds. The number of aliphatic hydroxyl groups excluding tert-OH is 1. The van der Waals surface area contributed by atoms with Gasteiger partial charge in [0.25, 0.3) is 5.91 Å². The Bertz CT molecular complexity index is 1070. The molecule has 0 fully saturated rings. The lowest BCUT2D eigenvalue weighted by atomic mass is 9.97. The minimum atomic E-state index is -0.550. The molecular formula is C21H19NO4. The van der Waals surface area contributed by atoms with Crippen LogP contribution in [0.15, 0.2) is 51.7 Å². The van der Waals surface area contributed by atoms with E-state index in [4.69, 9.17) is 4.42 Å². The van der Waals surface area contributed by atoms with Crippen LogP contribution in [0, 0.1) is 13.8 Å². The molecule has 2 aromatic carbocycles. The number of amides is 1. The number of β-amino-alcohol motifs (C(OH)–C–C–N with tert-alkyl or cyclic N) is 1. The predicted molar refractivity (Wildman–Crippen MR) is 98.4 cm³/mol. The van der Waals surface area contributed by atoms with Gasteiger partial charge in [0, 0.05) is 6.54 Å². The number of fused-ring (bicyclic) bond motifs is 2. The fourth-order valence-corrected chi connectivity index (χ4v) is 3.57. The van der Waals surface area contributed by atoms with Crippen molar-refractivity contribution < 1.29 is 14.3 Å². The Balaban J connectivity index is 2.01. The number of carbonyl (C=O) groups excluding carboxylic acids is 1. The van der Waals surface area contributed by atoms with Crippen LogP contribution >= 0.6 is 0 Å². The van der Waals surface area contributed by atoms with Crippen molar-refractivity contribution in [2.45, 2.75) is 19.9 Å². The first-order valence-electron chi connectivity index (χ1n) is 8.57. The lowest BCUT2D eigenvalue weighted by Crippen LogP contribution is -2.32. The molecule has 4 rings (SSSR count). The van der Waals surface area contributed by atoms with E-state index in [1.807, 2.05) is 44.2 Å². The molecule has 1 N–H and O–H groups in total. The molecule has 0 bridgehead atoms. The Kier molecular flexibility index (Phi) is 3.89. The molecule has 0 spiro atoms. The smallest absolute Gasteiger partial charge is 0.290 e. The SMILES string of the molecule is Cc1ccc([C@H]2c3c(oc4ccc(C)cc4c3=O)C(=O)N2CCO)cc1. The second-order valence-electron chi connectivity index (χ2n) is 6.71. The molecular weight excluding hydrogens is 330 g/mol. The number of hydrogen-bond acceptors (Lipinski definition) is 4. The maximum absolute atomic E-state index is 13.2. The van der Waals surface area contributed by atoms with Crippen LogP contribution in [-0.4, -0.2) is 29.1 Å². The van der Waals surface area contributed by atoms with E-state index in [0.717, 1.165) is 16.7 Å². The zero-order valence-electron chi connectivity index (χ0n) is 14.7. The molecule has 5 nitrogen and oxygen atoms in total. The monoisotopic (exact) mass is 349 g/mol. The lowest BCUT2D eigenvalue weighted by Gasteiger charge is -2.24. The fraction of sp³-hybridized carbons (Fsp3) is 0.238. The number of rotatable bonds is 3. The second kappa shape index (κ2) is 6.11. The van der Waals surface area contributed by atoms with Gasteiger partial charge in [0.2, 0.25) is 5.76 Å². The third-order valence-electron chi connectivity index (χ3n) is 4.86. The lowest BCUT2D eigenvalue weighted by molar-refractivity contribution is 0.0691. The topological polar surface area (TPSA) is 70.8 Å². The largest absolute Gasteiger partial charge is 0.450 e. The molecule has 2 heterocycles. The summed E-state index contributed by atoms with van der Waals surface area (Å²) in [6, 6.07) is 12.5. The van der Waals surface area contributed by atoms with E-state index in [1.165, 1.54) is 4.90 Å². The molecule has 0 radical (unpaired) electrons. The van der Waals surface area contributed by atoms with Gasteiger partial charge < -0.3 is 14.4 Å². The summed E-state index contributed by atoms with van der Waals surface area (Å²) in [5.41, 5.74) is 3.44. The van der Waals surface area contributed by atoms with Crippen molar-refractivity contribution in [3.63, 3.8) is 0 Å². The maximum Gasteiger partial charge on any atom is 0.290 e. The Labute approximate surface area is 150 Å². The van der Waals surface area contributed by atoms with Gasteiger partial charge in [-0.15, -0.1) is 0 Å². The minimum absolute atomic E-state index is 0.0744. The Hall–Kier alpha value is -2.92. The highest BCUT2D eigenvalue weighted by molar-refractivity contribution is 5.99. The Morgan fingerprint density at radius 2 is 1.73 bits per heavy atom. The van der Waals surface area contributed by atoms with Crippen LogP contribution in [0.2, 0.25) is 0 Å². The predicted octanol–water partition coefficient (Wildman–Crippen LogP) is 2.95. The molecule has 26 heavy (non-hydrogen) atoms. The third-order valence-corrected chi connectivity index (χ3v) is 4.86. The summed E-state index contributed by atoms with van der Waals surface area (Å²) in [6.45, 7) is 3.84. The van der Waals surface area contributed by atoms with Crippen molar-refractivity contribution >= 4 is 16.9 Å². The summed E-state index contributed by atoms with van der Waals surface area (Å²) in [5, 5.41) is 9.90. The summed E-state index contributed by atoms with van der Waals surface area (Å²) in [7, 11) is 0. The molecule has 0 saturated heterocycles. The van der Waals surface area contributed by atoms with Crippen LogP contribution < -0.4 is 5.43 Å². The molecule has 1 aliphatic heterocycles. The Morgan fingerprint density at radius 3 is 2.42 bits per heavy atom. The number of aliphatic hydroxyl groups is 1. The van der Waals surface area contributed by atoms with Gasteiger partial charge >= 0.3 is 0 Å². The van der Waals surface area contributed by atoms with Gasteiger partial charge in [0.15, 0.2) is 5.43 Å². The summed E-state index contributed by atoms with van der Waals surface area (Å²) in [5.74, 6) is -0.287. The maximum atomic E-state index is 13.2. The summed E-state index contributed by atoms with van der Waals surface area (Å²) in [4.78, 5) is 27.6. The third kappa shape index (κ3) is 2.44. The van der Waals surface area contributed by atoms with E-state index in [1.54, 1.807) is 12.1 Å². The quantitative estimate of drug-likeness (QED) is 0.789. The van der Waals surface area contributed by atoms with Crippen molar-refractivity contribution in [3.05, 3.63) is 80.7 Å². The van der Waals surface area contributed by atoms with Crippen LogP contribution in [0.1, 0.15) is 38.9 Å². The number of benzene rings is 2. The number of hydrogen-bond donors (Lipinski definition) is 1. The number of nitrogens with zero attached hydrogens (tertiary/aromatic N) is 1. The molecule has 1 atom stereocenters. The molecule has 0 saturated carbocycles. The standard InChI is InChI=1S/C21H19NO4/c1-12-3-6-14(7-4-12)18-17-19(24)15-11-13(2)5-8-16(15)26-20(17)21(25)22(18)9-10-23/h3-8,11,18,23H,9-10H2,1-2H3/t18-/m0/s1. The van der Waals surface area contributed by atoms with Gasteiger partial charge in [0.1, 0.15) is 5.58 Å². The molecule has 1 aromatic heterocycles. The van der Waals surface area contributed by atoms with Crippen molar-refractivity contribution in [2.24, 2.45) is 0 Å². The number of aryl methyl sites for hydroxylation is 2. The van der Waals surface area contributed by atoms with Crippen molar-refractivity contribution in [3.8, 4) is 0 Å². The van der Waals surface area contributed by atoms with Crippen molar-refractivity contribution in [1.82, 2.24) is 4.90 Å². The van der Waals surface area contributed by atoms with Crippen LogP contribution in [0.4, 0.5) is 0 Å². The summed E-state index contributed by atoms with van der Waals surface area (Å²) in [6.07, 6.45) is 0. The van der Waals surface area contributed by atoms with Gasteiger partial charge in [-0.2, -0.15) is 0 Å². The van der Waals surface area contributed by atoms with E-state index in [-0.39, 0.29) is 30.2 Å². The molecule has 0 unspecified atom stereocenters. The second-order valence-corrected chi connectivity index (χ2v) is 6.71. The highest BCUT2D eigenvalue weighted by Crippen LogP contribution is 2.37. The average Bonchev–Trinajstić information content (AvgIpc) is 2.90. The minimum Gasteiger partial charge on any atom is -0.450 e. The zero-order chi connectivity index (χ0) is 18.4. The van der Waals surface area contributed by atoms with Gasteiger partial charge in [-0.25, -0.2) is 0 Å². The number of carbonyl (C=O) groups is 1. The fourth-order valence-electron chi connectivity index (χ4n) is 3.57. The molecule has 5 heteroatoms. The average molecular weight is 349 g/mol. The summed E-state index contributed by atoms with van der Waals surface area (Å²) >= 11 is 0. The normalized spacial score (nSPS) is 16.3. The van der Waals surface area contributed by atoms with Gasteiger partial charge in [-0.1, -0.05) is 41.5 Å². The molecule has 1 aliphatic rings. The Morgan fingerprint density at radius 1 is 1.04 bits per heavy atom. The van der Waals surface area contributed by atoms with Crippen molar-refractivity contribution in [1.29, 1.82) is 0 Å². The van der Waals surface area contributed by atoms with Crippen molar-refractivity contribution in [2.75, 3.05) is 13.2 Å². The van der Waals surface area contributed by atoms with Crippen LogP contribution in [0.25, 0.3) is 11.0 Å². The molecule has 132 valence electrons. The van der Waals surface area contributed by atoms with E-state index in [9.17, 15) is 14.7 Å². The van der Waals surface area contributed by atoms with Gasteiger partial charge in [-0.05, 0) is 31.5 Å². The molecule has 3 aromatic rings. The zero-order valence-corrected chi connectivity index (χ0v) is 14.7. The first-order chi connectivity index (χ1) is 12.5.